The molecule has 0 aliphatic carbocycles. The van der Waals surface area contributed by atoms with Gasteiger partial charge in [0.05, 0.1) is 7.11 Å². The van der Waals surface area contributed by atoms with Crippen molar-refractivity contribution < 1.29 is 9.47 Å². The van der Waals surface area contributed by atoms with Gasteiger partial charge in [0.2, 0.25) is 0 Å². The molecule has 1 aromatic rings. The molecular formula is C16H25NO2. The number of ether oxygens (including phenoxy) is 2. The van der Waals surface area contributed by atoms with Gasteiger partial charge in [0.15, 0.2) is 0 Å². The second-order valence-electron chi connectivity index (χ2n) is 5.34. The predicted molar refractivity (Wildman–Crippen MR) is 77.7 cm³/mol. The first-order valence-corrected chi connectivity index (χ1v) is 7.34. The van der Waals surface area contributed by atoms with Crippen LogP contribution in [-0.2, 0) is 0 Å². The molecule has 0 aromatic heterocycles. The molecule has 0 radical (unpaired) electrons. The Balaban J connectivity index is 1.97. The molecule has 0 amide bonds. The summed E-state index contributed by atoms with van der Waals surface area (Å²) in [5, 5.41) is 0. The summed E-state index contributed by atoms with van der Waals surface area (Å²) in [5.74, 6) is 1.73. The van der Waals surface area contributed by atoms with Crippen LogP contribution in [0.5, 0.6) is 11.5 Å². The van der Waals surface area contributed by atoms with Crippen LogP contribution < -0.4 is 15.2 Å². The quantitative estimate of drug-likeness (QED) is 0.794. The van der Waals surface area contributed by atoms with Crippen LogP contribution in [0.3, 0.4) is 0 Å². The Morgan fingerprint density at radius 2 is 2.16 bits per heavy atom. The average molecular weight is 263 g/mol. The number of rotatable bonds is 6. The fourth-order valence-electron chi connectivity index (χ4n) is 2.66. The summed E-state index contributed by atoms with van der Waals surface area (Å²) in [7, 11) is 1.67. The molecule has 0 saturated carbocycles. The molecule has 1 aliphatic rings. The van der Waals surface area contributed by atoms with E-state index in [1.165, 1.54) is 25.7 Å². The Morgan fingerprint density at radius 3 is 2.89 bits per heavy atom. The maximum atomic E-state index is 6.24. The molecule has 0 bridgehead atoms. The summed E-state index contributed by atoms with van der Waals surface area (Å²) >= 11 is 0. The molecule has 1 aromatic carbocycles. The van der Waals surface area contributed by atoms with E-state index in [1.54, 1.807) is 7.11 Å². The standard InChI is InChI=1S/C16H25NO2/c1-3-4-5-6-7-13-10-15(17)14-9-8-12(18-2)11-16(14)19-13/h8-9,11,13,15H,3-7,10,17H2,1-2H3/t13?,15-/m0/s1. The molecule has 3 heteroatoms. The number of unbranched alkanes of at least 4 members (excludes halogenated alkanes) is 3. The monoisotopic (exact) mass is 263 g/mol. The average Bonchev–Trinajstić information content (AvgIpc) is 2.43. The van der Waals surface area contributed by atoms with Crippen molar-refractivity contribution >= 4 is 0 Å². The first kappa shape index (κ1) is 14.2. The number of nitrogens with two attached hydrogens (primary N) is 1. The SMILES string of the molecule is CCCCCCC1C[C@H](N)c2ccc(OC)cc2O1. The minimum absolute atomic E-state index is 0.0887. The van der Waals surface area contributed by atoms with Crippen LogP contribution in [0.15, 0.2) is 18.2 Å². The van der Waals surface area contributed by atoms with E-state index in [4.69, 9.17) is 15.2 Å². The molecule has 3 nitrogen and oxygen atoms in total. The van der Waals surface area contributed by atoms with E-state index < -0.39 is 0 Å². The second-order valence-corrected chi connectivity index (χ2v) is 5.34. The topological polar surface area (TPSA) is 44.5 Å². The third kappa shape index (κ3) is 3.63. The smallest absolute Gasteiger partial charge is 0.128 e. The molecule has 1 heterocycles. The molecule has 0 spiro atoms. The third-order valence-corrected chi connectivity index (χ3v) is 3.81. The van der Waals surface area contributed by atoms with Crippen molar-refractivity contribution in [2.75, 3.05) is 7.11 Å². The molecule has 106 valence electrons. The van der Waals surface area contributed by atoms with E-state index in [0.29, 0.717) is 0 Å². The van der Waals surface area contributed by atoms with Crippen LogP contribution in [0.1, 0.15) is 57.1 Å². The van der Waals surface area contributed by atoms with Crippen molar-refractivity contribution in [3.63, 3.8) is 0 Å². The van der Waals surface area contributed by atoms with Crippen LogP contribution >= 0.6 is 0 Å². The normalized spacial score (nSPS) is 21.6. The van der Waals surface area contributed by atoms with Gasteiger partial charge in [0.1, 0.15) is 17.6 Å². The maximum absolute atomic E-state index is 6.24. The zero-order valence-electron chi connectivity index (χ0n) is 12.0. The maximum Gasteiger partial charge on any atom is 0.128 e. The van der Waals surface area contributed by atoms with E-state index in [2.05, 4.69) is 6.92 Å². The number of benzene rings is 1. The number of hydrogen-bond donors (Lipinski definition) is 1. The van der Waals surface area contributed by atoms with Gasteiger partial charge in [-0.05, 0) is 18.9 Å². The Labute approximate surface area is 116 Å². The highest BCUT2D eigenvalue weighted by Crippen LogP contribution is 2.37. The van der Waals surface area contributed by atoms with E-state index in [-0.39, 0.29) is 12.1 Å². The lowest BCUT2D eigenvalue weighted by Gasteiger charge is -2.30. The zero-order valence-corrected chi connectivity index (χ0v) is 12.0. The molecule has 2 N–H and O–H groups in total. The highest BCUT2D eigenvalue weighted by molar-refractivity contribution is 5.43. The van der Waals surface area contributed by atoms with Crippen molar-refractivity contribution in [3.8, 4) is 11.5 Å². The largest absolute Gasteiger partial charge is 0.497 e. The molecule has 2 rings (SSSR count). The van der Waals surface area contributed by atoms with Gasteiger partial charge >= 0.3 is 0 Å². The summed E-state index contributed by atoms with van der Waals surface area (Å²) in [4.78, 5) is 0. The van der Waals surface area contributed by atoms with E-state index >= 15 is 0 Å². The first-order chi connectivity index (χ1) is 9.24. The fraction of sp³-hybridized carbons (Fsp3) is 0.625. The van der Waals surface area contributed by atoms with Crippen LogP contribution in [0, 0.1) is 0 Å². The molecule has 1 unspecified atom stereocenters. The molecule has 0 fully saturated rings. The van der Waals surface area contributed by atoms with Crippen LogP contribution in [-0.4, -0.2) is 13.2 Å². The van der Waals surface area contributed by atoms with Gasteiger partial charge in [-0.25, -0.2) is 0 Å². The lowest BCUT2D eigenvalue weighted by Crippen LogP contribution is -2.29. The lowest BCUT2D eigenvalue weighted by atomic mass is 9.94. The number of hydrogen-bond acceptors (Lipinski definition) is 3. The third-order valence-electron chi connectivity index (χ3n) is 3.81. The van der Waals surface area contributed by atoms with Crippen molar-refractivity contribution in [1.29, 1.82) is 0 Å². The van der Waals surface area contributed by atoms with Crippen molar-refractivity contribution in [1.82, 2.24) is 0 Å². The van der Waals surface area contributed by atoms with Crippen LogP contribution in [0.2, 0.25) is 0 Å². The number of fused-ring (bicyclic) bond motifs is 1. The van der Waals surface area contributed by atoms with Gasteiger partial charge in [-0.2, -0.15) is 0 Å². The highest BCUT2D eigenvalue weighted by Gasteiger charge is 2.25. The summed E-state index contributed by atoms with van der Waals surface area (Å²) in [6.45, 7) is 2.23. The lowest BCUT2D eigenvalue weighted by molar-refractivity contribution is 0.146. The van der Waals surface area contributed by atoms with Crippen LogP contribution in [0.25, 0.3) is 0 Å². The Kier molecular flexibility index (Phi) is 5.08. The van der Waals surface area contributed by atoms with Gasteiger partial charge in [-0.15, -0.1) is 0 Å². The van der Waals surface area contributed by atoms with Gasteiger partial charge in [0.25, 0.3) is 0 Å². The summed E-state index contributed by atoms with van der Waals surface area (Å²) in [5.41, 5.74) is 7.34. The minimum Gasteiger partial charge on any atom is -0.497 e. The molecule has 1 aliphatic heterocycles. The van der Waals surface area contributed by atoms with E-state index in [1.807, 2.05) is 18.2 Å². The van der Waals surface area contributed by atoms with Crippen LogP contribution in [0.4, 0.5) is 0 Å². The summed E-state index contributed by atoms with van der Waals surface area (Å²) < 4.78 is 11.3. The van der Waals surface area contributed by atoms with E-state index in [9.17, 15) is 0 Å². The summed E-state index contributed by atoms with van der Waals surface area (Å²) in [6.07, 6.45) is 7.37. The molecule has 0 saturated heterocycles. The Morgan fingerprint density at radius 1 is 1.32 bits per heavy atom. The Hall–Kier alpha value is -1.22. The molecule has 2 atom stereocenters. The first-order valence-electron chi connectivity index (χ1n) is 7.34. The predicted octanol–water partition coefficient (Wildman–Crippen LogP) is 3.82. The minimum atomic E-state index is 0.0887. The van der Waals surface area contributed by atoms with Gasteiger partial charge in [-0.3, -0.25) is 0 Å². The fourth-order valence-corrected chi connectivity index (χ4v) is 2.66. The summed E-state index contributed by atoms with van der Waals surface area (Å²) in [6, 6.07) is 6.01. The van der Waals surface area contributed by atoms with Gasteiger partial charge in [-0.1, -0.05) is 32.3 Å². The second kappa shape index (κ2) is 6.80. The van der Waals surface area contributed by atoms with Crippen molar-refractivity contribution in [2.45, 2.75) is 57.6 Å². The highest BCUT2D eigenvalue weighted by atomic mass is 16.5. The van der Waals surface area contributed by atoms with E-state index in [0.717, 1.165) is 29.9 Å². The number of methoxy groups -OCH3 is 1. The molecule has 19 heavy (non-hydrogen) atoms. The Bertz CT molecular complexity index is 406. The molecular weight excluding hydrogens is 238 g/mol. The van der Waals surface area contributed by atoms with Crippen molar-refractivity contribution in [3.05, 3.63) is 23.8 Å². The zero-order chi connectivity index (χ0) is 13.7. The van der Waals surface area contributed by atoms with Crippen molar-refractivity contribution in [2.24, 2.45) is 5.73 Å². The van der Waals surface area contributed by atoms with Gasteiger partial charge in [0, 0.05) is 24.1 Å². The van der Waals surface area contributed by atoms with Gasteiger partial charge < -0.3 is 15.2 Å².